The average molecular weight is 263 g/mol. The van der Waals surface area contributed by atoms with Crippen molar-refractivity contribution in [2.24, 2.45) is 0 Å². The highest BCUT2D eigenvalue weighted by molar-refractivity contribution is 5.19. The minimum absolute atomic E-state index is 0.415. The highest BCUT2D eigenvalue weighted by Gasteiger charge is 2.27. The van der Waals surface area contributed by atoms with Crippen LogP contribution in [0.1, 0.15) is 62.9 Å². The summed E-state index contributed by atoms with van der Waals surface area (Å²) in [6, 6.07) is 2.73. The van der Waals surface area contributed by atoms with Crippen LogP contribution in [-0.2, 0) is 11.3 Å². The normalized spacial score (nSPS) is 23.4. The summed E-state index contributed by atoms with van der Waals surface area (Å²) >= 11 is 0. The predicted octanol–water partition coefficient (Wildman–Crippen LogP) is 2.61. The molecule has 0 spiro atoms. The van der Waals surface area contributed by atoms with Gasteiger partial charge in [-0.15, -0.1) is 0 Å². The Morgan fingerprint density at radius 3 is 2.89 bits per heavy atom. The maximum atomic E-state index is 5.64. The maximum Gasteiger partial charge on any atom is 0.0700 e. The van der Waals surface area contributed by atoms with Crippen molar-refractivity contribution >= 4 is 0 Å². The Labute approximate surface area is 115 Å². The topological polar surface area (TPSA) is 39.1 Å². The van der Waals surface area contributed by atoms with Gasteiger partial charge < -0.3 is 10.1 Å². The first-order valence-electron chi connectivity index (χ1n) is 7.64. The van der Waals surface area contributed by atoms with Crippen LogP contribution in [0.4, 0.5) is 0 Å². The third kappa shape index (κ3) is 3.18. The first-order chi connectivity index (χ1) is 9.24. The zero-order valence-electron chi connectivity index (χ0n) is 12.1. The molecule has 1 aromatic heterocycles. The molecule has 4 nitrogen and oxygen atoms in total. The molecule has 19 heavy (non-hydrogen) atoms. The van der Waals surface area contributed by atoms with Crippen LogP contribution in [0.3, 0.4) is 0 Å². The molecule has 1 aliphatic carbocycles. The summed E-state index contributed by atoms with van der Waals surface area (Å²) in [4.78, 5) is 0. The van der Waals surface area contributed by atoms with Crippen LogP contribution in [0.5, 0.6) is 0 Å². The zero-order chi connectivity index (χ0) is 13.2. The van der Waals surface area contributed by atoms with E-state index in [0.29, 0.717) is 12.1 Å². The van der Waals surface area contributed by atoms with Gasteiger partial charge in [0.1, 0.15) is 0 Å². The van der Waals surface area contributed by atoms with Gasteiger partial charge >= 0.3 is 0 Å². The van der Waals surface area contributed by atoms with Crippen LogP contribution in [0.2, 0.25) is 0 Å². The molecule has 1 saturated carbocycles. The van der Waals surface area contributed by atoms with E-state index in [-0.39, 0.29) is 0 Å². The van der Waals surface area contributed by atoms with Crippen molar-refractivity contribution in [3.05, 3.63) is 17.5 Å². The Morgan fingerprint density at radius 2 is 2.26 bits per heavy atom. The second-order valence-electron chi connectivity index (χ2n) is 6.14. The fraction of sp³-hybridized carbons (Fsp3) is 0.800. The molecule has 106 valence electrons. The lowest BCUT2D eigenvalue weighted by molar-refractivity contribution is 0.109. The number of ether oxygens (including phenoxy) is 1. The largest absolute Gasteiger partial charge is 0.377 e. The van der Waals surface area contributed by atoms with Gasteiger partial charge in [-0.05, 0) is 45.6 Å². The molecule has 0 bridgehead atoms. The molecule has 1 unspecified atom stereocenters. The molecular weight excluding hydrogens is 238 g/mol. The van der Waals surface area contributed by atoms with E-state index in [9.17, 15) is 0 Å². The van der Waals surface area contributed by atoms with Crippen LogP contribution >= 0.6 is 0 Å². The van der Waals surface area contributed by atoms with E-state index in [1.165, 1.54) is 37.1 Å². The standard InChI is InChI=1S/C15H25N3O/c1-11(2)18-13(8-15(17-18)12-5-6-12)9-16-10-14-4-3-7-19-14/h8,11-12,14,16H,3-7,9-10H2,1-2H3. The van der Waals surface area contributed by atoms with Crippen molar-refractivity contribution in [1.82, 2.24) is 15.1 Å². The summed E-state index contributed by atoms with van der Waals surface area (Å²) in [7, 11) is 0. The van der Waals surface area contributed by atoms with Gasteiger partial charge in [0.2, 0.25) is 0 Å². The van der Waals surface area contributed by atoms with Crippen molar-refractivity contribution < 1.29 is 4.74 Å². The molecule has 0 aromatic carbocycles. The Kier molecular flexibility index (Phi) is 3.89. The fourth-order valence-electron chi connectivity index (χ4n) is 2.78. The number of nitrogens with zero attached hydrogens (tertiary/aromatic N) is 2. The van der Waals surface area contributed by atoms with E-state index in [2.05, 4.69) is 29.9 Å². The van der Waals surface area contributed by atoms with Gasteiger partial charge in [-0.2, -0.15) is 5.10 Å². The molecule has 3 rings (SSSR count). The molecule has 2 heterocycles. The zero-order valence-corrected chi connectivity index (χ0v) is 12.1. The Balaban J connectivity index is 1.58. The van der Waals surface area contributed by atoms with Gasteiger partial charge in [0, 0.05) is 31.7 Å². The van der Waals surface area contributed by atoms with Gasteiger partial charge in [0.15, 0.2) is 0 Å². The van der Waals surface area contributed by atoms with Crippen LogP contribution in [0.25, 0.3) is 0 Å². The summed E-state index contributed by atoms with van der Waals surface area (Å²) in [5.74, 6) is 0.733. The van der Waals surface area contributed by atoms with E-state index in [0.717, 1.165) is 25.6 Å². The van der Waals surface area contributed by atoms with Crippen LogP contribution < -0.4 is 5.32 Å². The number of hydrogen-bond donors (Lipinski definition) is 1. The van der Waals surface area contributed by atoms with E-state index < -0.39 is 0 Å². The van der Waals surface area contributed by atoms with E-state index in [1.54, 1.807) is 0 Å². The second kappa shape index (κ2) is 5.63. The number of aromatic nitrogens is 2. The third-order valence-corrected chi connectivity index (χ3v) is 4.02. The SMILES string of the molecule is CC(C)n1nc(C2CC2)cc1CNCC1CCCO1. The lowest BCUT2D eigenvalue weighted by Crippen LogP contribution is -2.27. The van der Waals surface area contributed by atoms with Gasteiger partial charge in [-0.25, -0.2) is 0 Å². The molecule has 2 aliphatic rings. The molecule has 1 N–H and O–H groups in total. The van der Waals surface area contributed by atoms with Crippen LogP contribution in [0.15, 0.2) is 6.07 Å². The number of hydrogen-bond acceptors (Lipinski definition) is 3. The predicted molar refractivity (Wildman–Crippen MR) is 75.3 cm³/mol. The summed E-state index contributed by atoms with van der Waals surface area (Å²) in [5, 5.41) is 8.29. The summed E-state index contributed by atoms with van der Waals surface area (Å²) in [5.41, 5.74) is 2.61. The molecule has 0 amide bonds. The van der Waals surface area contributed by atoms with E-state index in [1.807, 2.05) is 0 Å². The van der Waals surface area contributed by atoms with Crippen molar-refractivity contribution in [1.29, 1.82) is 0 Å². The Bertz CT molecular complexity index is 417. The second-order valence-corrected chi connectivity index (χ2v) is 6.14. The highest BCUT2D eigenvalue weighted by atomic mass is 16.5. The molecule has 4 heteroatoms. The summed E-state index contributed by atoms with van der Waals surface area (Å²) in [6.45, 7) is 7.20. The fourth-order valence-corrected chi connectivity index (χ4v) is 2.78. The van der Waals surface area contributed by atoms with Crippen LogP contribution in [0, 0.1) is 0 Å². The first kappa shape index (κ1) is 13.1. The summed E-state index contributed by atoms with van der Waals surface area (Å²) in [6.07, 6.45) is 5.46. The molecule has 1 aliphatic heterocycles. The highest BCUT2D eigenvalue weighted by Crippen LogP contribution is 2.39. The van der Waals surface area contributed by atoms with E-state index in [4.69, 9.17) is 9.84 Å². The van der Waals surface area contributed by atoms with Crippen molar-refractivity contribution in [3.63, 3.8) is 0 Å². The minimum atomic E-state index is 0.415. The maximum absolute atomic E-state index is 5.64. The van der Waals surface area contributed by atoms with Crippen molar-refractivity contribution in [2.45, 2.75) is 64.1 Å². The lowest BCUT2D eigenvalue weighted by Gasteiger charge is -2.13. The Morgan fingerprint density at radius 1 is 1.42 bits per heavy atom. The number of nitrogens with one attached hydrogen (secondary N) is 1. The third-order valence-electron chi connectivity index (χ3n) is 4.02. The summed E-state index contributed by atoms with van der Waals surface area (Å²) < 4.78 is 7.81. The molecule has 1 atom stereocenters. The molecular formula is C15H25N3O. The van der Waals surface area contributed by atoms with Gasteiger partial charge in [-0.1, -0.05) is 0 Å². The Hall–Kier alpha value is -0.870. The monoisotopic (exact) mass is 263 g/mol. The first-order valence-corrected chi connectivity index (χ1v) is 7.64. The number of rotatable bonds is 6. The van der Waals surface area contributed by atoms with E-state index >= 15 is 0 Å². The minimum Gasteiger partial charge on any atom is -0.377 e. The van der Waals surface area contributed by atoms with Crippen LogP contribution in [-0.4, -0.2) is 29.0 Å². The van der Waals surface area contributed by atoms with Gasteiger partial charge in [-0.3, -0.25) is 4.68 Å². The lowest BCUT2D eigenvalue weighted by atomic mass is 10.2. The quantitative estimate of drug-likeness (QED) is 0.857. The smallest absolute Gasteiger partial charge is 0.0700 e. The van der Waals surface area contributed by atoms with Gasteiger partial charge in [0.05, 0.1) is 17.5 Å². The molecule has 0 radical (unpaired) electrons. The van der Waals surface area contributed by atoms with Crippen molar-refractivity contribution in [2.75, 3.05) is 13.2 Å². The van der Waals surface area contributed by atoms with Crippen molar-refractivity contribution in [3.8, 4) is 0 Å². The molecule has 2 fully saturated rings. The average Bonchev–Trinajstić information content (AvgIpc) is 2.94. The molecule has 1 saturated heterocycles. The van der Waals surface area contributed by atoms with Gasteiger partial charge in [0.25, 0.3) is 0 Å². The molecule has 1 aromatic rings.